The fourth-order valence-electron chi connectivity index (χ4n) is 1.91. The van der Waals surface area contributed by atoms with Crippen LogP contribution in [0.3, 0.4) is 0 Å². The molecule has 1 N–H and O–H groups in total. The first-order valence-electron chi connectivity index (χ1n) is 6.14. The Hall–Kier alpha value is -1.79. The highest BCUT2D eigenvalue weighted by Gasteiger charge is 2.14. The van der Waals surface area contributed by atoms with Crippen molar-refractivity contribution >= 4 is 21.6 Å². The summed E-state index contributed by atoms with van der Waals surface area (Å²) >= 11 is 3.34. The van der Waals surface area contributed by atoms with E-state index < -0.39 is 0 Å². The molecule has 6 heteroatoms. The fraction of sp³-hybridized carbons (Fsp3) is 0.214. The molecule has 1 aromatic carbocycles. The lowest BCUT2D eigenvalue weighted by Crippen LogP contribution is -2.18. The summed E-state index contributed by atoms with van der Waals surface area (Å²) in [6.45, 7) is 2.44. The Morgan fingerprint density at radius 1 is 1.35 bits per heavy atom. The second-order valence-corrected chi connectivity index (χ2v) is 5.33. The van der Waals surface area contributed by atoms with Crippen LogP contribution in [0.2, 0.25) is 0 Å². The van der Waals surface area contributed by atoms with Gasteiger partial charge in [-0.2, -0.15) is 0 Å². The number of rotatable bonds is 5. The third-order valence-electron chi connectivity index (χ3n) is 3.04. The second kappa shape index (κ2) is 6.58. The summed E-state index contributed by atoms with van der Waals surface area (Å²) in [7, 11) is 0. The summed E-state index contributed by atoms with van der Waals surface area (Å²) < 4.78 is 0.830. The maximum absolute atomic E-state index is 11.0. The van der Waals surface area contributed by atoms with Gasteiger partial charge in [0.15, 0.2) is 0 Å². The van der Waals surface area contributed by atoms with E-state index in [1.54, 1.807) is 24.5 Å². The first-order valence-corrected chi connectivity index (χ1v) is 6.93. The van der Waals surface area contributed by atoms with Crippen molar-refractivity contribution in [3.05, 3.63) is 68.4 Å². The zero-order valence-electron chi connectivity index (χ0n) is 10.9. The minimum atomic E-state index is -0.361. The van der Waals surface area contributed by atoms with Crippen LogP contribution in [0.15, 0.2) is 47.2 Å². The standard InChI is InChI=1S/C14H14BrN3O2/c1-10(11-4-6-16-7-5-11)17-9-12-8-13(15)2-3-14(12)18(19)20/h2-8,10,17H,9H2,1H3. The molecule has 0 amide bonds. The molecule has 0 radical (unpaired) electrons. The zero-order valence-corrected chi connectivity index (χ0v) is 12.5. The van der Waals surface area contributed by atoms with Crippen LogP contribution in [0.1, 0.15) is 24.1 Å². The summed E-state index contributed by atoms with van der Waals surface area (Å²) in [5.74, 6) is 0. The van der Waals surface area contributed by atoms with Gasteiger partial charge in [0.1, 0.15) is 0 Å². The van der Waals surface area contributed by atoms with E-state index in [0.29, 0.717) is 12.1 Å². The van der Waals surface area contributed by atoms with E-state index in [1.165, 1.54) is 6.07 Å². The highest BCUT2D eigenvalue weighted by Crippen LogP contribution is 2.23. The van der Waals surface area contributed by atoms with Crippen LogP contribution in [-0.2, 0) is 6.54 Å². The highest BCUT2D eigenvalue weighted by molar-refractivity contribution is 9.10. The predicted molar refractivity (Wildman–Crippen MR) is 80.3 cm³/mol. The van der Waals surface area contributed by atoms with Gasteiger partial charge in [0.05, 0.1) is 4.92 Å². The summed E-state index contributed by atoms with van der Waals surface area (Å²) in [5, 5.41) is 14.3. The number of benzene rings is 1. The van der Waals surface area contributed by atoms with Crippen molar-refractivity contribution in [2.45, 2.75) is 19.5 Å². The number of nitrogens with one attached hydrogen (secondary N) is 1. The number of nitro benzene ring substituents is 1. The Bertz CT molecular complexity index is 605. The van der Waals surface area contributed by atoms with Gasteiger partial charge in [0.25, 0.3) is 5.69 Å². The highest BCUT2D eigenvalue weighted by atomic mass is 79.9. The average Bonchev–Trinajstić information content (AvgIpc) is 2.45. The third kappa shape index (κ3) is 3.61. The number of halogens is 1. The molecule has 0 aliphatic heterocycles. The molecule has 1 unspecified atom stereocenters. The largest absolute Gasteiger partial charge is 0.306 e. The van der Waals surface area contributed by atoms with Crippen molar-refractivity contribution in [3.8, 4) is 0 Å². The van der Waals surface area contributed by atoms with Gasteiger partial charge in [-0.15, -0.1) is 0 Å². The van der Waals surface area contributed by atoms with Crippen molar-refractivity contribution in [2.75, 3.05) is 0 Å². The van der Waals surface area contributed by atoms with Gasteiger partial charge < -0.3 is 5.32 Å². The van der Waals surface area contributed by atoms with Crippen LogP contribution in [0.4, 0.5) is 5.69 Å². The molecule has 2 aromatic rings. The molecule has 0 saturated heterocycles. The van der Waals surface area contributed by atoms with Gasteiger partial charge >= 0.3 is 0 Å². The van der Waals surface area contributed by atoms with Crippen LogP contribution in [0.25, 0.3) is 0 Å². The molecule has 0 aliphatic rings. The number of aromatic nitrogens is 1. The Balaban J connectivity index is 2.11. The lowest BCUT2D eigenvalue weighted by molar-refractivity contribution is -0.385. The molecule has 0 saturated carbocycles. The van der Waals surface area contributed by atoms with Gasteiger partial charge in [0, 0.05) is 41.1 Å². The van der Waals surface area contributed by atoms with Gasteiger partial charge in [-0.25, -0.2) is 0 Å². The number of pyridine rings is 1. The Kier molecular flexibility index (Phi) is 4.81. The van der Waals surface area contributed by atoms with Gasteiger partial charge in [-0.1, -0.05) is 15.9 Å². The number of nitrogens with zero attached hydrogens (tertiary/aromatic N) is 2. The van der Waals surface area contributed by atoms with Gasteiger partial charge in [-0.05, 0) is 36.8 Å². The maximum atomic E-state index is 11.0. The molecule has 0 fully saturated rings. The number of hydrogen-bond donors (Lipinski definition) is 1. The monoisotopic (exact) mass is 335 g/mol. The van der Waals surface area contributed by atoms with Crippen molar-refractivity contribution in [1.29, 1.82) is 0 Å². The summed E-state index contributed by atoms with van der Waals surface area (Å²) in [4.78, 5) is 14.6. The van der Waals surface area contributed by atoms with Gasteiger partial charge in [0.2, 0.25) is 0 Å². The molecule has 1 heterocycles. The topological polar surface area (TPSA) is 68.1 Å². The minimum Gasteiger partial charge on any atom is -0.306 e. The first kappa shape index (κ1) is 14.6. The third-order valence-corrected chi connectivity index (χ3v) is 3.54. The smallest absolute Gasteiger partial charge is 0.273 e. The van der Waals surface area contributed by atoms with Crippen molar-refractivity contribution in [1.82, 2.24) is 10.3 Å². The Morgan fingerprint density at radius 2 is 2.05 bits per heavy atom. The molecule has 0 bridgehead atoms. The normalized spacial score (nSPS) is 12.1. The molecule has 0 spiro atoms. The molecule has 0 aliphatic carbocycles. The van der Waals surface area contributed by atoms with Crippen LogP contribution in [-0.4, -0.2) is 9.91 Å². The molecule has 2 rings (SSSR count). The summed E-state index contributed by atoms with van der Waals surface area (Å²) in [5.41, 5.74) is 1.88. The molecular formula is C14H14BrN3O2. The SMILES string of the molecule is CC(NCc1cc(Br)ccc1[N+](=O)[O-])c1ccncc1. The van der Waals surface area contributed by atoms with Gasteiger partial charge in [-0.3, -0.25) is 15.1 Å². The maximum Gasteiger partial charge on any atom is 0.273 e. The molecule has 104 valence electrons. The van der Waals surface area contributed by atoms with Crippen LogP contribution >= 0.6 is 15.9 Å². The van der Waals surface area contributed by atoms with Crippen LogP contribution in [0, 0.1) is 10.1 Å². The molecule has 5 nitrogen and oxygen atoms in total. The van der Waals surface area contributed by atoms with Crippen LogP contribution in [0.5, 0.6) is 0 Å². The van der Waals surface area contributed by atoms with Crippen molar-refractivity contribution in [3.63, 3.8) is 0 Å². The molecule has 20 heavy (non-hydrogen) atoms. The van der Waals surface area contributed by atoms with Crippen molar-refractivity contribution < 1.29 is 4.92 Å². The summed E-state index contributed by atoms with van der Waals surface area (Å²) in [6, 6.07) is 8.90. The van der Waals surface area contributed by atoms with Crippen molar-refractivity contribution in [2.24, 2.45) is 0 Å². The van der Waals surface area contributed by atoms with Crippen LogP contribution < -0.4 is 5.32 Å². The fourth-order valence-corrected chi connectivity index (χ4v) is 2.32. The van der Waals surface area contributed by atoms with E-state index in [0.717, 1.165) is 10.0 Å². The van der Waals surface area contributed by atoms with E-state index in [4.69, 9.17) is 0 Å². The Morgan fingerprint density at radius 3 is 2.70 bits per heavy atom. The Labute approximate surface area is 125 Å². The number of hydrogen-bond acceptors (Lipinski definition) is 4. The molecular weight excluding hydrogens is 322 g/mol. The lowest BCUT2D eigenvalue weighted by Gasteiger charge is -2.14. The van der Waals surface area contributed by atoms with E-state index in [-0.39, 0.29) is 16.7 Å². The molecule has 1 atom stereocenters. The first-order chi connectivity index (χ1) is 9.58. The average molecular weight is 336 g/mol. The number of nitro groups is 1. The van der Waals surface area contributed by atoms with E-state index >= 15 is 0 Å². The van der Waals surface area contributed by atoms with E-state index in [9.17, 15) is 10.1 Å². The molecule has 1 aromatic heterocycles. The van der Waals surface area contributed by atoms with E-state index in [1.807, 2.05) is 19.1 Å². The lowest BCUT2D eigenvalue weighted by atomic mass is 10.1. The minimum absolute atomic E-state index is 0.0941. The summed E-state index contributed by atoms with van der Waals surface area (Å²) in [6.07, 6.45) is 3.46. The quantitative estimate of drug-likeness (QED) is 0.669. The second-order valence-electron chi connectivity index (χ2n) is 4.41. The zero-order chi connectivity index (χ0) is 14.5. The predicted octanol–water partition coefficient (Wildman–Crippen LogP) is 3.60. The van der Waals surface area contributed by atoms with E-state index in [2.05, 4.69) is 26.2 Å².